The summed E-state index contributed by atoms with van der Waals surface area (Å²) in [5.74, 6) is 1.20. The zero-order valence-corrected chi connectivity index (χ0v) is 15.0. The Morgan fingerprint density at radius 1 is 0.962 bits per heavy atom. The molecule has 26 heavy (non-hydrogen) atoms. The van der Waals surface area contributed by atoms with Gasteiger partial charge in [-0.1, -0.05) is 6.07 Å². The van der Waals surface area contributed by atoms with E-state index in [1.807, 2.05) is 30.3 Å². The summed E-state index contributed by atoms with van der Waals surface area (Å²) >= 11 is 0. The average molecular weight is 356 g/mol. The zero-order valence-electron chi connectivity index (χ0n) is 15.0. The summed E-state index contributed by atoms with van der Waals surface area (Å²) in [5, 5.41) is 4.19. The number of benzene rings is 2. The van der Waals surface area contributed by atoms with Crippen molar-refractivity contribution in [3.8, 4) is 17.2 Å². The SMILES string of the molecule is COC(=O)c1cc2c(Nc3cc(OC)c(OC)c(OC)c3)cccc2[nH]1. The number of H-pyrrole nitrogens is 1. The third kappa shape index (κ3) is 3.11. The molecular weight excluding hydrogens is 336 g/mol. The molecule has 0 spiro atoms. The summed E-state index contributed by atoms with van der Waals surface area (Å²) in [7, 11) is 6.04. The van der Waals surface area contributed by atoms with E-state index in [2.05, 4.69) is 10.3 Å². The van der Waals surface area contributed by atoms with E-state index in [1.54, 1.807) is 27.4 Å². The van der Waals surface area contributed by atoms with Crippen LogP contribution in [0.1, 0.15) is 10.5 Å². The highest BCUT2D eigenvalue weighted by molar-refractivity contribution is 6.00. The topological polar surface area (TPSA) is 81.8 Å². The zero-order chi connectivity index (χ0) is 18.7. The minimum atomic E-state index is -0.417. The lowest BCUT2D eigenvalue weighted by molar-refractivity contribution is 0.0595. The van der Waals surface area contributed by atoms with Gasteiger partial charge in [0.15, 0.2) is 11.5 Å². The van der Waals surface area contributed by atoms with E-state index in [9.17, 15) is 4.79 Å². The van der Waals surface area contributed by atoms with E-state index in [0.717, 1.165) is 22.3 Å². The minimum absolute atomic E-state index is 0.390. The Hall–Kier alpha value is -3.35. The number of esters is 1. The molecule has 0 fully saturated rings. The molecule has 0 aliphatic rings. The normalized spacial score (nSPS) is 10.5. The first kappa shape index (κ1) is 17.5. The molecule has 7 nitrogen and oxygen atoms in total. The van der Waals surface area contributed by atoms with Gasteiger partial charge in [-0.25, -0.2) is 4.79 Å². The van der Waals surface area contributed by atoms with Crippen LogP contribution in [0.4, 0.5) is 11.4 Å². The van der Waals surface area contributed by atoms with Crippen molar-refractivity contribution in [3.05, 3.63) is 42.1 Å². The summed E-state index contributed by atoms with van der Waals surface area (Å²) < 4.78 is 20.9. The Morgan fingerprint density at radius 2 is 1.65 bits per heavy atom. The second-order valence-corrected chi connectivity index (χ2v) is 5.48. The van der Waals surface area contributed by atoms with Gasteiger partial charge < -0.3 is 29.2 Å². The van der Waals surface area contributed by atoms with E-state index in [4.69, 9.17) is 18.9 Å². The fraction of sp³-hybridized carbons (Fsp3) is 0.211. The number of methoxy groups -OCH3 is 4. The van der Waals surface area contributed by atoms with Gasteiger partial charge in [-0.05, 0) is 18.2 Å². The number of anilines is 2. The molecule has 0 saturated carbocycles. The Labute approximate surface area is 150 Å². The van der Waals surface area contributed by atoms with Gasteiger partial charge in [-0.2, -0.15) is 0 Å². The summed E-state index contributed by atoms with van der Waals surface area (Å²) in [4.78, 5) is 14.8. The van der Waals surface area contributed by atoms with Gasteiger partial charge in [0.05, 0.1) is 28.4 Å². The highest BCUT2D eigenvalue weighted by Crippen LogP contribution is 2.41. The van der Waals surface area contributed by atoms with E-state index >= 15 is 0 Å². The maximum absolute atomic E-state index is 11.8. The Bertz CT molecular complexity index is 923. The number of rotatable bonds is 6. The molecular formula is C19H20N2O5. The van der Waals surface area contributed by atoms with E-state index in [-0.39, 0.29) is 0 Å². The minimum Gasteiger partial charge on any atom is -0.493 e. The van der Waals surface area contributed by atoms with Crippen molar-refractivity contribution < 1.29 is 23.7 Å². The largest absolute Gasteiger partial charge is 0.493 e. The van der Waals surface area contributed by atoms with Crippen LogP contribution >= 0.6 is 0 Å². The molecule has 2 N–H and O–H groups in total. The Morgan fingerprint density at radius 3 is 2.23 bits per heavy atom. The molecule has 7 heteroatoms. The van der Waals surface area contributed by atoms with Gasteiger partial charge in [-0.3, -0.25) is 0 Å². The third-order valence-corrected chi connectivity index (χ3v) is 4.01. The van der Waals surface area contributed by atoms with Crippen molar-refractivity contribution in [2.24, 2.45) is 0 Å². The summed E-state index contributed by atoms with van der Waals surface area (Å²) in [6.45, 7) is 0. The quantitative estimate of drug-likeness (QED) is 0.655. The summed E-state index contributed by atoms with van der Waals surface area (Å²) in [6.07, 6.45) is 0. The molecule has 0 unspecified atom stereocenters. The molecule has 3 rings (SSSR count). The maximum Gasteiger partial charge on any atom is 0.354 e. The highest BCUT2D eigenvalue weighted by Gasteiger charge is 2.15. The molecule has 0 aliphatic heterocycles. The van der Waals surface area contributed by atoms with Crippen LogP contribution in [0.5, 0.6) is 17.2 Å². The first-order chi connectivity index (χ1) is 12.6. The summed E-state index contributed by atoms with van der Waals surface area (Å²) in [5.41, 5.74) is 2.79. The number of carbonyl (C=O) groups is 1. The van der Waals surface area contributed by atoms with Crippen LogP contribution < -0.4 is 19.5 Å². The van der Waals surface area contributed by atoms with Gasteiger partial charge in [0.25, 0.3) is 0 Å². The van der Waals surface area contributed by atoms with Crippen LogP contribution in [0.25, 0.3) is 10.9 Å². The number of hydrogen-bond acceptors (Lipinski definition) is 6. The molecule has 136 valence electrons. The number of aromatic amines is 1. The first-order valence-electron chi connectivity index (χ1n) is 7.88. The van der Waals surface area contributed by atoms with Crippen molar-refractivity contribution in [3.63, 3.8) is 0 Å². The predicted molar refractivity (Wildman–Crippen MR) is 99.0 cm³/mol. The van der Waals surface area contributed by atoms with Gasteiger partial charge in [0.1, 0.15) is 5.69 Å². The van der Waals surface area contributed by atoms with Crippen LogP contribution in [-0.2, 0) is 4.74 Å². The summed E-state index contributed by atoms with van der Waals surface area (Å²) in [6, 6.07) is 11.1. The third-order valence-electron chi connectivity index (χ3n) is 4.01. The van der Waals surface area contributed by atoms with Gasteiger partial charge in [0, 0.05) is 34.4 Å². The number of aromatic nitrogens is 1. The Kier molecular flexibility index (Phi) is 4.88. The molecule has 0 bridgehead atoms. The molecule has 0 amide bonds. The number of carbonyl (C=O) groups excluding carboxylic acids is 1. The second-order valence-electron chi connectivity index (χ2n) is 5.48. The van der Waals surface area contributed by atoms with Gasteiger partial charge >= 0.3 is 5.97 Å². The lowest BCUT2D eigenvalue weighted by atomic mass is 10.2. The Balaban J connectivity index is 2.03. The lowest BCUT2D eigenvalue weighted by Gasteiger charge is -2.15. The van der Waals surface area contributed by atoms with Crippen molar-refractivity contribution >= 4 is 28.2 Å². The van der Waals surface area contributed by atoms with Crippen LogP contribution in [0.15, 0.2) is 36.4 Å². The molecule has 1 heterocycles. The van der Waals surface area contributed by atoms with Crippen molar-refractivity contribution in [2.45, 2.75) is 0 Å². The molecule has 3 aromatic rings. The van der Waals surface area contributed by atoms with Crippen molar-refractivity contribution in [1.82, 2.24) is 4.98 Å². The van der Waals surface area contributed by atoms with Crippen LogP contribution in [0.2, 0.25) is 0 Å². The van der Waals surface area contributed by atoms with Crippen LogP contribution in [0, 0.1) is 0 Å². The highest BCUT2D eigenvalue weighted by atomic mass is 16.5. The lowest BCUT2D eigenvalue weighted by Crippen LogP contribution is -2.00. The van der Waals surface area contributed by atoms with Gasteiger partial charge in [0.2, 0.25) is 5.75 Å². The smallest absolute Gasteiger partial charge is 0.354 e. The van der Waals surface area contributed by atoms with E-state index < -0.39 is 5.97 Å². The molecule has 0 radical (unpaired) electrons. The fourth-order valence-electron chi connectivity index (χ4n) is 2.79. The molecule has 0 atom stereocenters. The molecule has 2 aromatic carbocycles. The second kappa shape index (κ2) is 7.26. The predicted octanol–water partition coefficient (Wildman–Crippen LogP) is 3.72. The average Bonchev–Trinajstić information content (AvgIpc) is 3.11. The standard InChI is InChI=1S/C19H20N2O5/c1-23-16-8-11(9-17(24-2)18(16)25-3)20-13-6-5-7-14-12(13)10-15(21-14)19(22)26-4/h5-10,20-21H,1-4H3. The van der Waals surface area contributed by atoms with Crippen LogP contribution in [-0.4, -0.2) is 39.4 Å². The number of nitrogens with one attached hydrogen (secondary N) is 2. The number of ether oxygens (including phenoxy) is 4. The van der Waals surface area contributed by atoms with Crippen molar-refractivity contribution in [2.75, 3.05) is 33.8 Å². The van der Waals surface area contributed by atoms with E-state index in [1.165, 1.54) is 7.11 Å². The van der Waals surface area contributed by atoms with E-state index in [0.29, 0.717) is 22.9 Å². The first-order valence-corrected chi connectivity index (χ1v) is 7.88. The number of hydrogen-bond donors (Lipinski definition) is 2. The molecule has 1 aromatic heterocycles. The van der Waals surface area contributed by atoms with Crippen LogP contribution in [0.3, 0.4) is 0 Å². The monoisotopic (exact) mass is 356 g/mol. The fourth-order valence-corrected chi connectivity index (χ4v) is 2.79. The number of fused-ring (bicyclic) bond motifs is 1. The van der Waals surface area contributed by atoms with Crippen molar-refractivity contribution in [1.29, 1.82) is 0 Å². The molecule has 0 aliphatic carbocycles. The van der Waals surface area contributed by atoms with Gasteiger partial charge in [-0.15, -0.1) is 0 Å². The molecule has 0 saturated heterocycles. The maximum atomic E-state index is 11.8.